The van der Waals surface area contributed by atoms with Gasteiger partial charge in [-0.15, -0.1) is 0 Å². The number of amides is 2. The van der Waals surface area contributed by atoms with E-state index >= 15 is 0 Å². The molecule has 0 saturated carbocycles. The van der Waals surface area contributed by atoms with Gasteiger partial charge >= 0.3 is 5.97 Å². The van der Waals surface area contributed by atoms with Gasteiger partial charge in [0.05, 0.1) is 27.9 Å². The first-order chi connectivity index (χ1) is 13.5. The van der Waals surface area contributed by atoms with E-state index in [1.54, 1.807) is 18.2 Å². The van der Waals surface area contributed by atoms with Gasteiger partial charge < -0.3 is 5.11 Å². The van der Waals surface area contributed by atoms with Gasteiger partial charge in [0.25, 0.3) is 11.8 Å². The smallest absolute Gasteiger partial charge is 0.335 e. The van der Waals surface area contributed by atoms with Crippen molar-refractivity contribution in [3.8, 4) is 17.2 Å². The molecule has 2 amide bonds. The molecule has 0 unspecified atom stereocenters. The number of carbonyl (C=O) groups excluding carboxylic acids is 2. The number of fused-ring (bicyclic) bond motifs is 1. The van der Waals surface area contributed by atoms with Gasteiger partial charge in [0.2, 0.25) is 0 Å². The molecule has 0 saturated heterocycles. The summed E-state index contributed by atoms with van der Waals surface area (Å²) in [6.07, 6.45) is 0. The number of aromatic carboxylic acids is 1. The molecule has 1 heterocycles. The van der Waals surface area contributed by atoms with E-state index in [4.69, 9.17) is 5.11 Å². The van der Waals surface area contributed by atoms with Gasteiger partial charge in [-0.3, -0.25) is 9.59 Å². The summed E-state index contributed by atoms with van der Waals surface area (Å²) in [6, 6.07) is 20.2. The third-order valence-electron chi connectivity index (χ3n) is 4.60. The molecule has 3 aromatic rings. The summed E-state index contributed by atoms with van der Waals surface area (Å²) in [7, 11) is 0. The van der Waals surface area contributed by atoms with Crippen LogP contribution in [0.2, 0.25) is 0 Å². The van der Waals surface area contributed by atoms with Crippen molar-refractivity contribution in [2.24, 2.45) is 0 Å². The molecular weight excluding hydrogens is 356 g/mol. The second-order valence-electron chi connectivity index (χ2n) is 6.22. The minimum absolute atomic E-state index is 0.0147. The highest BCUT2D eigenvalue weighted by atomic mass is 16.4. The SMILES string of the molecule is N#Cc1cc(-c2ccccc2)ccc1N1C(=O)c2ccc(C(=O)O)cc2C1=O. The van der Waals surface area contributed by atoms with Crippen LogP contribution in [-0.4, -0.2) is 22.9 Å². The van der Waals surface area contributed by atoms with Crippen molar-refractivity contribution in [1.29, 1.82) is 5.26 Å². The molecule has 1 aliphatic heterocycles. The van der Waals surface area contributed by atoms with E-state index in [0.29, 0.717) is 0 Å². The number of imide groups is 1. The van der Waals surface area contributed by atoms with Crippen LogP contribution in [0.15, 0.2) is 66.7 Å². The van der Waals surface area contributed by atoms with Crippen molar-refractivity contribution in [3.63, 3.8) is 0 Å². The Kier molecular flexibility index (Phi) is 3.98. The number of rotatable bonds is 3. The van der Waals surface area contributed by atoms with Gasteiger partial charge in [-0.1, -0.05) is 36.4 Å². The summed E-state index contributed by atoms with van der Waals surface area (Å²) in [4.78, 5) is 37.6. The molecule has 0 aliphatic carbocycles. The molecule has 6 heteroatoms. The Morgan fingerprint density at radius 1 is 0.857 bits per heavy atom. The maximum Gasteiger partial charge on any atom is 0.335 e. The predicted molar refractivity (Wildman–Crippen MR) is 101 cm³/mol. The number of benzene rings is 3. The Labute approximate surface area is 159 Å². The van der Waals surface area contributed by atoms with Crippen LogP contribution in [-0.2, 0) is 0 Å². The zero-order valence-corrected chi connectivity index (χ0v) is 14.4. The number of nitrogens with zero attached hydrogens (tertiary/aromatic N) is 2. The summed E-state index contributed by atoms with van der Waals surface area (Å²) in [5.74, 6) is -2.42. The van der Waals surface area contributed by atoms with Crippen molar-refractivity contribution in [3.05, 3.63) is 89.0 Å². The van der Waals surface area contributed by atoms with E-state index in [-0.39, 0.29) is 27.9 Å². The number of carbonyl (C=O) groups is 3. The molecule has 1 aliphatic rings. The van der Waals surface area contributed by atoms with Gasteiger partial charge in [0.1, 0.15) is 6.07 Å². The Hall–Kier alpha value is -4.24. The van der Waals surface area contributed by atoms with Crippen molar-refractivity contribution in [2.75, 3.05) is 4.90 Å². The third kappa shape index (κ3) is 2.63. The van der Waals surface area contributed by atoms with Crippen LogP contribution in [0.3, 0.4) is 0 Å². The average Bonchev–Trinajstić information content (AvgIpc) is 2.98. The minimum Gasteiger partial charge on any atom is -0.478 e. The molecule has 0 atom stereocenters. The van der Waals surface area contributed by atoms with Crippen molar-refractivity contribution >= 4 is 23.5 Å². The van der Waals surface area contributed by atoms with E-state index in [2.05, 4.69) is 0 Å². The fraction of sp³-hybridized carbons (Fsp3) is 0. The summed E-state index contributed by atoms with van der Waals surface area (Å²) >= 11 is 0. The summed E-state index contributed by atoms with van der Waals surface area (Å²) in [5, 5.41) is 18.7. The molecule has 28 heavy (non-hydrogen) atoms. The number of nitriles is 1. The lowest BCUT2D eigenvalue weighted by Crippen LogP contribution is -2.30. The van der Waals surface area contributed by atoms with Gasteiger partial charge in [-0.25, -0.2) is 9.69 Å². The van der Waals surface area contributed by atoms with E-state index < -0.39 is 17.8 Å². The molecule has 0 radical (unpaired) electrons. The maximum atomic E-state index is 12.8. The fourth-order valence-corrected chi connectivity index (χ4v) is 3.22. The van der Waals surface area contributed by atoms with Gasteiger partial charge in [-0.05, 0) is 41.5 Å². The Balaban J connectivity index is 1.79. The normalized spacial score (nSPS) is 12.6. The zero-order valence-electron chi connectivity index (χ0n) is 14.4. The monoisotopic (exact) mass is 368 g/mol. The summed E-state index contributed by atoms with van der Waals surface area (Å²) in [5.41, 5.74) is 2.08. The number of carboxylic acids is 1. The van der Waals surface area contributed by atoms with Crippen LogP contribution in [0.5, 0.6) is 0 Å². The second kappa shape index (κ2) is 6.49. The lowest BCUT2D eigenvalue weighted by atomic mass is 10.0. The first kappa shape index (κ1) is 17.2. The molecule has 6 nitrogen and oxygen atoms in total. The molecule has 4 rings (SSSR count). The van der Waals surface area contributed by atoms with Gasteiger partial charge in [0.15, 0.2) is 0 Å². The molecule has 0 spiro atoms. The largest absolute Gasteiger partial charge is 0.478 e. The van der Waals surface area contributed by atoms with Crippen molar-refractivity contribution in [1.82, 2.24) is 0 Å². The fourth-order valence-electron chi connectivity index (χ4n) is 3.22. The number of anilines is 1. The van der Waals surface area contributed by atoms with Crippen molar-refractivity contribution < 1.29 is 19.5 Å². The first-order valence-electron chi connectivity index (χ1n) is 8.37. The van der Waals surface area contributed by atoms with E-state index in [0.717, 1.165) is 16.0 Å². The zero-order chi connectivity index (χ0) is 19.8. The number of hydrogen-bond donors (Lipinski definition) is 1. The standard InChI is InChI=1S/C22H12N2O4/c23-12-16-10-14(13-4-2-1-3-5-13)7-9-19(16)24-20(25)17-8-6-15(22(27)28)11-18(17)21(24)26/h1-11H,(H,27,28). The summed E-state index contributed by atoms with van der Waals surface area (Å²) < 4.78 is 0. The molecule has 0 fully saturated rings. The molecule has 134 valence electrons. The lowest BCUT2D eigenvalue weighted by Gasteiger charge is -2.16. The Bertz CT molecular complexity index is 1190. The van der Waals surface area contributed by atoms with E-state index in [1.165, 1.54) is 18.2 Å². The molecular formula is C22H12N2O4. The van der Waals surface area contributed by atoms with Crippen molar-refractivity contribution in [2.45, 2.75) is 0 Å². The minimum atomic E-state index is -1.19. The summed E-state index contributed by atoms with van der Waals surface area (Å²) in [6.45, 7) is 0. The lowest BCUT2D eigenvalue weighted by molar-refractivity contribution is 0.0696. The molecule has 0 bridgehead atoms. The van der Waals surface area contributed by atoms with E-state index in [9.17, 15) is 19.6 Å². The van der Waals surface area contributed by atoms with Crippen LogP contribution in [0, 0.1) is 11.3 Å². The van der Waals surface area contributed by atoms with Crippen LogP contribution in [0.1, 0.15) is 36.6 Å². The second-order valence-corrected chi connectivity index (χ2v) is 6.22. The number of hydrogen-bond acceptors (Lipinski definition) is 4. The molecule has 3 aromatic carbocycles. The molecule has 1 N–H and O–H groups in total. The van der Waals surface area contributed by atoms with Crippen LogP contribution in [0.25, 0.3) is 11.1 Å². The van der Waals surface area contributed by atoms with Gasteiger partial charge in [-0.2, -0.15) is 5.26 Å². The highest BCUT2D eigenvalue weighted by Crippen LogP contribution is 2.33. The predicted octanol–water partition coefficient (Wildman–Crippen LogP) is 3.72. The van der Waals surface area contributed by atoms with Crippen LogP contribution >= 0.6 is 0 Å². The first-order valence-corrected chi connectivity index (χ1v) is 8.37. The Morgan fingerprint density at radius 3 is 2.25 bits per heavy atom. The topological polar surface area (TPSA) is 98.5 Å². The highest BCUT2D eigenvalue weighted by Gasteiger charge is 2.38. The number of carboxylic acid groups (broad SMARTS) is 1. The molecule has 0 aromatic heterocycles. The van der Waals surface area contributed by atoms with Crippen LogP contribution in [0.4, 0.5) is 5.69 Å². The highest BCUT2D eigenvalue weighted by molar-refractivity contribution is 6.35. The quantitative estimate of drug-likeness (QED) is 0.710. The average molecular weight is 368 g/mol. The maximum absolute atomic E-state index is 12.8. The van der Waals surface area contributed by atoms with Gasteiger partial charge in [0, 0.05) is 0 Å². The third-order valence-corrected chi connectivity index (χ3v) is 4.60. The Morgan fingerprint density at radius 2 is 1.57 bits per heavy atom. The van der Waals surface area contributed by atoms with E-state index in [1.807, 2.05) is 36.4 Å². The van der Waals surface area contributed by atoms with Crippen LogP contribution < -0.4 is 4.90 Å².